The molecule has 10 heteroatoms. The average molecular weight is 336 g/mol. The fourth-order valence-corrected chi connectivity index (χ4v) is 3.49. The van der Waals surface area contributed by atoms with Crippen LogP contribution in [0.4, 0.5) is 0 Å². The van der Waals surface area contributed by atoms with Crippen molar-refractivity contribution >= 4 is 26.0 Å². The maximum atomic E-state index is 12.0. The minimum Gasteiger partial charge on any atom is -0.481 e. The zero-order valence-electron chi connectivity index (χ0n) is 11.5. The highest BCUT2D eigenvalue weighted by Crippen LogP contribution is 2.17. The number of carboxylic acids is 1. The number of sulfonamides is 2. The third-order valence-electron chi connectivity index (χ3n) is 2.53. The zero-order chi connectivity index (χ0) is 16.3. The van der Waals surface area contributed by atoms with Gasteiger partial charge in [0.25, 0.3) is 0 Å². The van der Waals surface area contributed by atoms with Crippen LogP contribution < -0.4 is 4.72 Å². The van der Waals surface area contributed by atoms with E-state index in [1.807, 2.05) is 0 Å². The third kappa shape index (κ3) is 4.49. The molecule has 0 amide bonds. The quantitative estimate of drug-likeness (QED) is 0.704. The third-order valence-corrected chi connectivity index (χ3v) is 5.80. The van der Waals surface area contributed by atoms with Gasteiger partial charge in [-0.3, -0.25) is 4.79 Å². The Morgan fingerprint density at radius 1 is 1.19 bits per heavy atom. The van der Waals surface area contributed by atoms with Gasteiger partial charge in [0.1, 0.15) is 0 Å². The lowest BCUT2D eigenvalue weighted by Gasteiger charge is -2.12. The van der Waals surface area contributed by atoms with Crippen LogP contribution in [0.15, 0.2) is 34.1 Å². The first-order valence-corrected chi connectivity index (χ1v) is 8.74. The van der Waals surface area contributed by atoms with Gasteiger partial charge >= 0.3 is 5.97 Å². The summed E-state index contributed by atoms with van der Waals surface area (Å²) in [4.78, 5) is 9.96. The molecular formula is C11H16N2O6S2. The lowest BCUT2D eigenvalue weighted by molar-refractivity contribution is -0.136. The summed E-state index contributed by atoms with van der Waals surface area (Å²) in [6.45, 7) is -0.275. The number of carbonyl (C=O) groups is 1. The molecule has 8 nitrogen and oxygen atoms in total. The van der Waals surface area contributed by atoms with Crippen molar-refractivity contribution in [2.75, 3.05) is 20.6 Å². The number of aliphatic carboxylic acids is 1. The van der Waals surface area contributed by atoms with Crippen LogP contribution in [0.5, 0.6) is 0 Å². The Labute approximate surface area is 123 Å². The van der Waals surface area contributed by atoms with Gasteiger partial charge in [0.15, 0.2) is 0 Å². The molecule has 1 rings (SSSR count). The molecular weight excluding hydrogens is 320 g/mol. The van der Waals surface area contributed by atoms with E-state index >= 15 is 0 Å². The predicted octanol–water partition coefficient (Wildman–Crippen LogP) is -0.310. The molecule has 0 aliphatic rings. The van der Waals surface area contributed by atoms with Gasteiger partial charge in [0, 0.05) is 20.6 Å². The van der Waals surface area contributed by atoms with Crippen molar-refractivity contribution in [3.05, 3.63) is 24.3 Å². The Hall–Kier alpha value is -1.49. The lowest BCUT2D eigenvalue weighted by Crippen LogP contribution is -2.27. The Bertz CT molecular complexity index is 725. The van der Waals surface area contributed by atoms with Crippen LogP contribution in [0.2, 0.25) is 0 Å². The molecule has 1 aromatic carbocycles. The standard InChI is InChI=1S/C11H16N2O6S2/c1-13(2)21(18,19)10-5-3-4-9(8-10)20(16,17)12-7-6-11(14)15/h3-5,8,12H,6-7H2,1-2H3,(H,14,15). The predicted molar refractivity (Wildman–Crippen MR) is 74.8 cm³/mol. The van der Waals surface area contributed by atoms with Crippen LogP contribution in [-0.4, -0.2) is 52.9 Å². The molecule has 0 heterocycles. The molecule has 0 aromatic heterocycles. The summed E-state index contributed by atoms with van der Waals surface area (Å²) in [5.41, 5.74) is 0. The van der Waals surface area contributed by atoms with Crippen molar-refractivity contribution < 1.29 is 26.7 Å². The minimum atomic E-state index is -3.96. The van der Waals surface area contributed by atoms with E-state index in [1.165, 1.54) is 32.3 Å². The van der Waals surface area contributed by atoms with Crippen LogP contribution in [0.25, 0.3) is 0 Å². The van der Waals surface area contributed by atoms with Gasteiger partial charge in [-0.1, -0.05) is 6.07 Å². The molecule has 0 bridgehead atoms. The summed E-state index contributed by atoms with van der Waals surface area (Å²) in [6, 6.07) is 4.85. The van der Waals surface area contributed by atoms with E-state index in [-0.39, 0.29) is 22.8 Å². The fourth-order valence-electron chi connectivity index (χ4n) is 1.39. The van der Waals surface area contributed by atoms with E-state index in [0.29, 0.717) is 0 Å². The highest BCUT2D eigenvalue weighted by Gasteiger charge is 2.21. The number of rotatable bonds is 7. The normalized spacial score (nSPS) is 12.5. The van der Waals surface area contributed by atoms with E-state index in [2.05, 4.69) is 4.72 Å². The highest BCUT2D eigenvalue weighted by molar-refractivity contribution is 7.90. The molecule has 1 aromatic rings. The van der Waals surface area contributed by atoms with E-state index in [9.17, 15) is 21.6 Å². The van der Waals surface area contributed by atoms with Gasteiger partial charge in [-0.05, 0) is 18.2 Å². The minimum absolute atomic E-state index is 0.159. The molecule has 0 saturated carbocycles. The molecule has 21 heavy (non-hydrogen) atoms. The molecule has 0 aliphatic heterocycles. The van der Waals surface area contributed by atoms with Gasteiger partial charge in [0.05, 0.1) is 16.2 Å². The largest absolute Gasteiger partial charge is 0.481 e. The van der Waals surface area contributed by atoms with Crippen LogP contribution in [0, 0.1) is 0 Å². The number of hydrogen-bond acceptors (Lipinski definition) is 5. The van der Waals surface area contributed by atoms with Crippen molar-refractivity contribution in [3.63, 3.8) is 0 Å². The Morgan fingerprint density at radius 2 is 1.76 bits per heavy atom. The molecule has 0 unspecified atom stereocenters. The van der Waals surface area contributed by atoms with Crippen LogP contribution in [-0.2, 0) is 24.8 Å². The molecule has 2 N–H and O–H groups in total. The first-order valence-electron chi connectivity index (χ1n) is 5.81. The van der Waals surface area contributed by atoms with Crippen molar-refractivity contribution in [1.29, 1.82) is 0 Å². The topological polar surface area (TPSA) is 121 Å². The molecule has 0 saturated heterocycles. The molecule has 0 radical (unpaired) electrons. The van der Waals surface area contributed by atoms with Gasteiger partial charge in [0.2, 0.25) is 20.0 Å². The second-order valence-corrected chi connectivity index (χ2v) is 8.22. The van der Waals surface area contributed by atoms with Gasteiger partial charge in [-0.2, -0.15) is 0 Å². The van der Waals surface area contributed by atoms with Gasteiger partial charge < -0.3 is 5.11 Å². The van der Waals surface area contributed by atoms with Crippen molar-refractivity contribution in [2.45, 2.75) is 16.2 Å². The SMILES string of the molecule is CN(C)S(=O)(=O)c1cccc(S(=O)(=O)NCCC(=O)O)c1. The van der Waals surface area contributed by atoms with Crippen molar-refractivity contribution in [2.24, 2.45) is 0 Å². The van der Waals surface area contributed by atoms with E-state index in [4.69, 9.17) is 5.11 Å². The van der Waals surface area contributed by atoms with E-state index in [1.54, 1.807) is 0 Å². The Kier molecular flexibility index (Phi) is 5.45. The molecule has 118 valence electrons. The maximum Gasteiger partial charge on any atom is 0.304 e. The first kappa shape index (κ1) is 17.6. The monoisotopic (exact) mass is 336 g/mol. The summed E-state index contributed by atoms with van der Waals surface area (Å²) in [5.74, 6) is -1.14. The smallest absolute Gasteiger partial charge is 0.304 e. The highest BCUT2D eigenvalue weighted by atomic mass is 32.2. The number of benzene rings is 1. The maximum absolute atomic E-state index is 12.0. The van der Waals surface area contributed by atoms with Crippen molar-refractivity contribution in [3.8, 4) is 0 Å². The van der Waals surface area contributed by atoms with Crippen LogP contribution in [0.1, 0.15) is 6.42 Å². The first-order chi connectivity index (χ1) is 9.57. The second-order valence-electron chi connectivity index (χ2n) is 4.30. The Morgan fingerprint density at radius 3 is 2.29 bits per heavy atom. The summed E-state index contributed by atoms with van der Waals surface area (Å²) in [5, 5.41) is 8.47. The molecule has 0 aliphatic carbocycles. The van der Waals surface area contributed by atoms with E-state index in [0.717, 1.165) is 10.4 Å². The lowest BCUT2D eigenvalue weighted by atomic mass is 10.4. The summed E-state index contributed by atoms with van der Waals surface area (Å²) in [7, 11) is -5.04. The number of carboxylic acid groups (broad SMARTS) is 1. The van der Waals surface area contributed by atoms with Crippen molar-refractivity contribution in [1.82, 2.24) is 9.03 Å². The number of nitrogens with zero attached hydrogens (tertiary/aromatic N) is 1. The second kappa shape index (κ2) is 6.52. The summed E-state index contributed by atoms with van der Waals surface area (Å²) < 4.78 is 50.9. The summed E-state index contributed by atoms with van der Waals surface area (Å²) >= 11 is 0. The molecule has 0 spiro atoms. The van der Waals surface area contributed by atoms with Crippen LogP contribution >= 0.6 is 0 Å². The summed E-state index contributed by atoms with van der Waals surface area (Å²) in [6.07, 6.45) is -0.366. The average Bonchev–Trinajstić information content (AvgIpc) is 2.38. The number of hydrogen-bond donors (Lipinski definition) is 2. The van der Waals surface area contributed by atoms with Gasteiger partial charge in [-0.15, -0.1) is 0 Å². The number of nitrogens with one attached hydrogen (secondary N) is 1. The fraction of sp³-hybridized carbons (Fsp3) is 0.364. The molecule has 0 atom stereocenters. The molecule has 0 fully saturated rings. The van der Waals surface area contributed by atoms with Crippen LogP contribution in [0.3, 0.4) is 0 Å². The van der Waals surface area contributed by atoms with E-state index < -0.39 is 26.0 Å². The zero-order valence-corrected chi connectivity index (χ0v) is 13.1. The van der Waals surface area contributed by atoms with Gasteiger partial charge in [-0.25, -0.2) is 25.9 Å². The Balaban J connectivity index is 3.08.